The molecule has 0 aliphatic carbocycles. The molecular weight excluding hydrogens is 328 g/mol. The third kappa shape index (κ3) is 4.45. The number of rotatable bonds is 5. The van der Waals surface area contributed by atoms with Crippen LogP contribution < -0.4 is 5.32 Å². The maximum atomic E-state index is 13.5. The Morgan fingerprint density at radius 2 is 2.00 bits per heavy atom. The molecule has 0 aliphatic rings. The van der Waals surface area contributed by atoms with Crippen molar-refractivity contribution in [3.63, 3.8) is 0 Å². The fourth-order valence-corrected chi connectivity index (χ4v) is 2.93. The summed E-state index contributed by atoms with van der Waals surface area (Å²) in [5, 5.41) is 2.47. The number of benzene rings is 2. The summed E-state index contributed by atoms with van der Waals surface area (Å²) in [6.07, 6.45) is 0. The first-order chi connectivity index (χ1) is 10.5. The summed E-state index contributed by atoms with van der Waals surface area (Å²) in [7, 11) is 0. The summed E-state index contributed by atoms with van der Waals surface area (Å²) in [5.41, 5.74) is 0.901. The van der Waals surface area contributed by atoms with Gasteiger partial charge in [-0.2, -0.15) is 0 Å². The molecule has 0 spiro atoms. The van der Waals surface area contributed by atoms with E-state index >= 15 is 0 Å². The molecule has 1 N–H and O–H groups in total. The van der Waals surface area contributed by atoms with Gasteiger partial charge in [-0.15, -0.1) is 11.8 Å². The summed E-state index contributed by atoms with van der Waals surface area (Å²) >= 11 is 7.28. The lowest BCUT2D eigenvalue weighted by molar-refractivity contribution is -0.115. The van der Waals surface area contributed by atoms with Crippen molar-refractivity contribution in [3.8, 4) is 0 Å². The number of hydrogen-bond donors (Lipinski definition) is 1. The van der Waals surface area contributed by atoms with Crippen molar-refractivity contribution in [2.24, 2.45) is 0 Å². The van der Waals surface area contributed by atoms with Gasteiger partial charge in [0.1, 0.15) is 11.6 Å². The van der Waals surface area contributed by atoms with Gasteiger partial charge in [-0.1, -0.05) is 29.8 Å². The predicted molar refractivity (Wildman–Crippen MR) is 87.2 cm³/mol. The third-order valence-corrected chi connectivity index (χ3v) is 4.55. The van der Waals surface area contributed by atoms with Gasteiger partial charge >= 0.3 is 0 Å². The SMILES string of the molecule is C[C@@H](SCc1ccc(F)cc1Cl)C(=O)Nc1ccccc1F. The van der Waals surface area contributed by atoms with E-state index in [0.29, 0.717) is 10.8 Å². The fourth-order valence-electron chi connectivity index (χ4n) is 1.73. The zero-order chi connectivity index (χ0) is 16.1. The van der Waals surface area contributed by atoms with E-state index in [1.807, 2.05) is 0 Å². The smallest absolute Gasteiger partial charge is 0.237 e. The van der Waals surface area contributed by atoms with Crippen LogP contribution in [0.1, 0.15) is 12.5 Å². The van der Waals surface area contributed by atoms with Gasteiger partial charge in [0.05, 0.1) is 10.9 Å². The third-order valence-electron chi connectivity index (χ3n) is 3.00. The van der Waals surface area contributed by atoms with Gasteiger partial charge in [-0.05, 0) is 36.8 Å². The molecule has 0 fully saturated rings. The number of carbonyl (C=O) groups excluding carboxylic acids is 1. The second-order valence-electron chi connectivity index (χ2n) is 4.66. The van der Waals surface area contributed by atoms with Crippen LogP contribution in [0.5, 0.6) is 0 Å². The standard InChI is InChI=1S/C16H14ClF2NOS/c1-10(16(21)20-15-5-3-2-4-14(15)19)22-9-11-6-7-12(18)8-13(11)17/h2-8,10H,9H2,1H3,(H,20,21)/t10-/m1/s1. The van der Waals surface area contributed by atoms with Gasteiger partial charge in [0.15, 0.2) is 0 Å². The van der Waals surface area contributed by atoms with Crippen LogP contribution in [-0.2, 0) is 10.5 Å². The molecule has 0 aliphatic heterocycles. The van der Waals surface area contributed by atoms with Gasteiger partial charge in [-0.25, -0.2) is 8.78 Å². The molecule has 0 heterocycles. The van der Waals surface area contributed by atoms with Crippen molar-refractivity contribution >= 4 is 35.0 Å². The molecule has 2 aromatic rings. The number of nitrogens with one attached hydrogen (secondary N) is 1. The number of para-hydroxylation sites is 1. The minimum Gasteiger partial charge on any atom is -0.323 e. The Balaban J connectivity index is 1.93. The molecule has 0 aromatic heterocycles. The Kier molecular flexibility index (Phi) is 5.80. The molecule has 2 aromatic carbocycles. The number of thioether (sulfide) groups is 1. The number of carbonyl (C=O) groups is 1. The maximum absolute atomic E-state index is 13.5. The highest BCUT2D eigenvalue weighted by Crippen LogP contribution is 2.25. The summed E-state index contributed by atoms with van der Waals surface area (Å²) < 4.78 is 26.4. The Labute approximate surface area is 136 Å². The summed E-state index contributed by atoms with van der Waals surface area (Å²) in [6.45, 7) is 1.72. The molecule has 6 heteroatoms. The topological polar surface area (TPSA) is 29.1 Å². The van der Waals surface area contributed by atoms with Crippen molar-refractivity contribution < 1.29 is 13.6 Å². The first kappa shape index (κ1) is 16.8. The van der Waals surface area contributed by atoms with E-state index in [2.05, 4.69) is 5.32 Å². The summed E-state index contributed by atoms with van der Waals surface area (Å²) in [6, 6.07) is 10.1. The quantitative estimate of drug-likeness (QED) is 0.839. The van der Waals surface area contributed by atoms with Crippen molar-refractivity contribution in [2.45, 2.75) is 17.9 Å². The zero-order valence-corrected chi connectivity index (χ0v) is 13.3. The normalized spacial score (nSPS) is 12.0. The molecule has 2 nitrogen and oxygen atoms in total. The molecule has 1 atom stereocenters. The second-order valence-corrected chi connectivity index (χ2v) is 6.39. The summed E-state index contributed by atoms with van der Waals surface area (Å²) in [4.78, 5) is 12.0. The Bertz CT molecular complexity index is 681. The van der Waals surface area contributed by atoms with Crippen molar-refractivity contribution in [1.29, 1.82) is 0 Å². The van der Waals surface area contributed by atoms with Crippen molar-refractivity contribution in [2.75, 3.05) is 5.32 Å². The van der Waals surface area contributed by atoms with Crippen LogP contribution in [0.2, 0.25) is 5.02 Å². The summed E-state index contributed by atoms with van der Waals surface area (Å²) in [5.74, 6) is -0.711. The lowest BCUT2D eigenvalue weighted by atomic mass is 10.2. The monoisotopic (exact) mass is 341 g/mol. The van der Waals surface area contributed by atoms with Gasteiger partial charge in [0, 0.05) is 10.8 Å². The van der Waals surface area contributed by atoms with Gasteiger partial charge in [0.2, 0.25) is 5.91 Å². The molecule has 0 saturated carbocycles. The highest BCUT2D eigenvalue weighted by molar-refractivity contribution is 7.99. The minimum absolute atomic E-state index is 0.153. The van der Waals surface area contributed by atoms with Crippen molar-refractivity contribution in [3.05, 3.63) is 64.7 Å². The van der Waals surface area contributed by atoms with E-state index in [1.54, 1.807) is 25.1 Å². The van der Waals surface area contributed by atoms with Crippen molar-refractivity contribution in [1.82, 2.24) is 0 Å². The van der Waals surface area contributed by atoms with Gasteiger partial charge in [-0.3, -0.25) is 4.79 Å². The first-order valence-electron chi connectivity index (χ1n) is 6.58. The van der Waals surface area contributed by atoms with Crippen LogP contribution >= 0.6 is 23.4 Å². The minimum atomic E-state index is -0.477. The van der Waals surface area contributed by atoms with Crippen LogP contribution in [0.3, 0.4) is 0 Å². The van der Waals surface area contributed by atoms with E-state index in [1.165, 1.54) is 36.0 Å². The lowest BCUT2D eigenvalue weighted by Gasteiger charge is -2.13. The fraction of sp³-hybridized carbons (Fsp3) is 0.188. The highest BCUT2D eigenvalue weighted by Gasteiger charge is 2.16. The molecule has 0 saturated heterocycles. The highest BCUT2D eigenvalue weighted by atomic mass is 35.5. The number of amides is 1. The Morgan fingerprint density at radius 3 is 2.68 bits per heavy atom. The molecule has 1 amide bonds. The van der Waals surface area contributed by atoms with Crippen LogP contribution in [0.25, 0.3) is 0 Å². The molecule has 2 rings (SSSR count). The molecule has 0 bridgehead atoms. The first-order valence-corrected chi connectivity index (χ1v) is 8.01. The van der Waals surface area contributed by atoms with Crippen LogP contribution in [0.15, 0.2) is 42.5 Å². The van der Waals surface area contributed by atoms with E-state index in [-0.39, 0.29) is 11.6 Å². The van der Waals surface area contributed by atoms with Crippen LogP contribution in [-0.4, -0.2) is 11.2 Å². The molecule has 22 heavy (non-hydrogen) atoms. The molecule has 0 radical (unpaired) electrons. The average molecular weight is 342 g/mol. The Morgan fingerprint density at radius 1 is 1.27 bits per heavy atom. The van der Waals surface area contributed by atoms with Crippen LogP contribution in [0.4, 0.5) is 14.5 Å². The molecule has 116 valence electrons. The van der Waals surface area contributed by atoms with Crippen LogP contribution in [0, 0.1) is 11.6 Å². The molecule has 0 unspecified atom stereocenters. The van der Waals surface area contributed by atoms with Gasteiger partial charge in [0.25, 0.3) is 0 Å². The molecular formula is C16H14ClF2NOS. The predicted octanol–water partition coefficient (Wildman–Crippen LogP) is 4.88. The Hall–Kier alpha value is -1.59. The van der Waals surface area contributed by atoms with Gasteiger partial charge < -0.3 is 5.32 Å². The zero-order valence-electron chi connectivity index (χ0n) is 11.8. The lowest BCUT2D eigenvalue weighted by Crippen LogP contribution is -2.23. The van der Waals surface area contributed by atoms with E-state index in [0.717, 1.165) is 5.56 Å². The maximum Gasteiger partial charge on any atom is 0.237 e. The number of hydrogen-bond acceptors (Lipinski definition) is 2. The number of halogens is 3. The average Bonchev–Trinajstić information content (AvgIpc) is 2.48. The van der Waals surface area contributed by atoms with E-state index < -0.39 is 16.9 Å². The second kappa shape index (κ2) is 7.61. The number of anilines is 1. The van der Waals surface area contributed by atoms with E-state index in [9.17, 15) is 13.6 Å². The van der Waals surface area contributed by atoms with E-state index in [4.69, 9.17) is 11.6 Å². The largest absolute Gasteiger partial charge is 0.323 e.